The molecule has 0 unspecified atom stereocenters. The van der Waals surface area contributed by atoms with E-state index in [1.165, 1.54) is 56.9 Å². The van der Waals surface area contributed by atoms with E-state index in [0.717, 1.165) is 54.8 Å². The number of hydrogen-bond acceptors (Lipinski definition) is 4. The SMILES string of the molecule is CCOC(=O)CC(=O)O[C@H]1CC[C@@]2(C)C(=CC[C@H]3[C@@H]4CC[C@H]([C@H](C)CCCC(C)C)[C@@]4(C)CC[C@@H]32)C1. The van der Waals surface area contributed by atoms with Crippen LogP contribution in [0, 0.1) is 46.3 Å². The Kier molecular flexibility index (Phi) is 8.62. The van der Waals surface area contributed by atoms with Gasteiger partial charge >= 0.3 is 11.9 Å². The summed E-state index contributed by atoms with van der Waals surface area (Å²) in [5.41, 5.74) is 2.28. The van der Waals surface area contributed by atoms with Gasteiger partial charge in [-0.3, -0.25) is 9.59 Å². The number of allylic oxidation sites excluding steroid dienone is 1. The highest BCUT2D eigenvalue weighted by atomic mass is 16.6. The van der Waals surface area contributed by atoms with Crippen molar-refractivity contribution in [1.82, 2.24) is 0 Å². The van der Waals surface area contributed by atoms with Crippen molar-refractivity contribution < 1.29 is 19.1 Å². The zero-order chi connectivity index (χ0) is 26.1. The second-order valence-corrected chi connectivity index (χ2v) is 13.6. The first-order valence-electron chi connectivity index (χ1n) is 15.1. The molecular weight excluding hydrogens is 448 g/mol. The van der Waals surface area contributed by atoms with Crippen molar-refractivity contribution in [1.29, 1.82) is 0 Å². The summed E-state index contributed by atoms with van der Waals surface area (Å²) in [4.78, 5) is 23.9. The third-order valence-corrected chi connectivity index (χ3v) is 11.2. The van der Waals surface area contributed by atoms with E-state index in [0.29, 0.717) is 12.0 Å². The number of esters is 2. The summed E-state index contributed by atoms with van der Waals surface area (Å²) >= 11 is 0. The third kappa shape index (κ3) is 5.44. The van der Waals surface area contributed by atoms with E-state index in [1.54, 1.807) is 6.92 Å². The summed E-state index contributed by atoms with van der Waals surface area (Å²) in [5.74, 6) is 4.07. The summed E-state index contributed by atoms with van der Waals surface area (Å²) in [7, 11) is 0. The molecule has 0 N–H and O–H groups in total. The van der Waals surface area contributed by atoms with E-state index >= 15 is 0 Å². The summed E-state index contributed by atoms with van der Waals surface area (Å²) in [5, 5.41) is 0. The molecule has 3 fully saturated rings. The van der Waals surface area contributed by atoms with E-state index in [1.807, 2.05) is 0 Å². The molecule has 0 bridgehead atoms. The van der Waals surface area contributed by atoms with Crippen molar-refractivity contribution in [3.05, 3.63) is 11.6 Å². The van der Waals surface area contributed by atoms with Gasteiger partial charge < -0.3 is 9.47 Å². The zero-order valence-corrected chi connectivity index (χ0v) is 23.9. The molecule has 0 spiro atoms. The maximum atomic E-state index is 12.3. The molecule has 0 aromatic rings. The lowest BCUT2D eigenvalue weighted by Crippen LogP contribution is -2.51. The maximum Gasteiger partial charge on any atom is 0.317 e. The number of hydrogen-bond donors (Lipinski definition) is 0. The molecule has 0 saturated heterocycles. The summed E-state index contributed by atoms with van der Waals surface area (Å²) in [6.07, 6.45) is 16.0. The fraction of sp³-hybridized carbons (Fsp3) is 0.875. The van der Waals surface area contributed by atoms with Crippen molar-refractivity contribution >= 4 is 11.9 Å². The minimum atomic E-state index is -0.489. The van der Waals surface area contributed by atoms with Crippen molar-refractivity contribution in [2.45, 2.75) is 125 Å². The minimum absolute atomic E-state index is 0.0980. The molecule has 0 heterocycles. The van der Waals surface area contributed by atoms with Gasteiger partial charge in [-0.15, -0.1) is 0 Å². The first-order chi connectivity index (χ1) is 17.1. The Hall–Kier alpha value is -1.32. The van der Waals surface area contributed by atoms with Crippen LogP contribution in [-0.4, -0.2) is 24.6 Å². The molecule has 4 aliphatic rings. The largest absolute Gasteiger partial charge is 0.466 e. The number of rotatable bonds is 9. The molecular formula is C32H52O4. The monoisotopic (exact) mass is 500 g/mol. The third-order valence-electron chi connectivity index (χ3n) is 11.2. The lowest BCUT2D eigenvalue weighted by molar-refractivity contribution is -0.159. The molecule has 0 amide bonds. The Morgan fingerprint density at radius 3 is 2.50 bits per heavy atom. The lowest BCUT2D eigenvalue weighted by Gasteiger charge is -2.58. The van der Waals surface area contributed by atoms with Crippen LogP contribution < -0.4 is 0 Å². The molecule has 8 atom stereocenters. The van der Waals surface area contributed by atoms with Crippen LogP contribution in [0.15, 0.2) is 11.6 Å². The van der Waals surface area contributed by atoms with Crippen molar-refractivity contribution in [2.75, 3.05) is 6.61 Å². The first-order valence-corrected chi connectivity index (χ1v) is 15.1. The fourth-order valence-corrected chi connectivity index (χ4v) is 9.31. The van der Waals surface area contributed by atoms with Crippen LogP contribution >= 0.6 is 0 Å². The number of ether oxygens (including phenoxy) is 2. The fourth-order valence-electron chi connectivity index (χ4n) is 9.31. The molecule has 0 aromatic heterocycles. The topological polar surface area (TPSA) is 52.6 Å². The van der Waals surface area contributed by atoms with E-state index in [9.17, 15) is 9.59 Å². The van der Waals surface area contributed by atoms with Crippen LogP contribution in [-0.2, 0) is 19.1 Å². The standard InChI is InChI=1S/C32H52O4/c1-7-35-29(33)20-30(34)36-24-15-17-31(5)23(19-24)11-12-25-27-14-13-26(22(4)10-8-9-21(2)3)32(27,6)18-16-28(25)31/h11,21-22,24-28H,7-10,12-20H2,1-6H3/t22-,24+,25+,26-,27+,28+,31+,32-/m1/s1. The highest BCUT2D eigenvalue weighted by molar-refractivity contribution is 5.91. The highest BCUT2D eigenvalue weighted by Crippen LogP contribution is 2.67. The van der Waals surface area contributed by atoms with Gasteiger partial charge in [-0.25, -0.2) is 0 Å². The molecule has 0 radical (unpaired) electrons. The molecule has 204 valence electrons. The van der Waals surface area contributed by atoms with Crippen LogP contribution in [0.4, 0.5) is 0 Å². The van der Waals surface area contributed by atoms with Gasteiger partial charge in [0, 0.05) is 6.42 Å². The van der Waals surface area contributed by atoms with Gasteiger partial charge in [0.15, 0.2) is 0 Å². The lowest BCUT2D eigenvalue weighted by atomic mass is 9.47. The average Bonchev–Trinajstić information content (AvgIpc) is 3.16. The van der Waals surface area contributed by atoms with Crippen LogP contribution in [0.3, 0.4) is 0 Å². The second kappa shape index (κ2) is 11.2. The second-order valence-electron chi connectivity index (χ2n) is 13.6. The van der Waals surface area contributed by atoms with Gasteiger partial charge in [-0.2, -0.15) is 0 Å². The maximum absolute atomic E-state index is 12.3. The van der Waals surface area contributed by atoms with Crippen molar-refractivity contribution in [3.63, 3.8) is 0 Å². The summed E-state index contributed by atoms with van der Waals surface area (Å²) in [6, 6.07) is 0. The molecule has 3 saturated carbocycles. The Balaban J connectivity index is 1.39. The normalized spacial score (nSPS) is 38.4. The minimum Gasteiger partial charge on any atom is -0.466 e. The van der Waals surface area contributed by atoms with Crippen LogP contribution in [0.1, 0.15) is 119 Å². The van der Waals surface area contributed by atoms with Gasteiger partial charge in [0.25, 0.3) is 0 Å². The van der Waals surface area contributed by atoms with Crippen LogP contribution in [0.25, 0.3) is 0 Å². The van der Waals surface area contributed by atoms with Gasteiger partial charge in [-0.1, -0.05) is 65.5 Å². The quantitative estimate of drug-likeness (QED) is 0.183. The molecule has 4 nitrogen and oxygen atoms in total. The smallest absolute Gasteiger partial charge is 0.317 e. The molecule has 4 heteroatoms. The van der Waals surface area contributed by atoms with E-state index in [2.05, 4.69) is 40.7 Å². The van der Waals surface area contributed by atoms with Crippen molar-refractivity contribution in [3.8, 4) is 0 Å². The van der Waals surface area contributed by atoms with Gasteiger partial charge in [0.1, 0.15) is 12.5 Å². The summed E-state index contributed by atoms with van der Waals surface area (Å²) < 4.78 is 10.6. The van der Waals surface area contributed by atoms with Gasteiger partial charge in [-0.05, 0) is 98.2 Å². The Labute approximate surface area is 220 Å². The van der Waals surface area contributed by atoms with E-state index in [-0.39, 0.29) is 17.9 Å². The average molecular weight is 501 g/mol. The zero-order valence-electron chi connectivity index (χ0n) is 23.9. The molecule has 36 heavy (non-hydrogen) atoms. The molecule has 0 aliphatic heterocycles. The number of carbonyl (C=O) groups excluding carboxylic acids is 2. The molecule has 0 aromatic carbocycles. The van der Waals surface area contributed by atoms with Crippen molar-refractivity contribution in [2.24, 2.45) is 46.3 Å². The highest BCUT2D eigenvalue weighted by Gasteiger charge is 2.59. The van der Waals surface area contributed by atoms with Crippen LogP contribution in [0.5, 0.6) is 0 Å². The molecule has 4 rings (SSSR count). The van der Waals surface area contributed by atoms with Gasteiger partial charge in [0.2, 0.25) is 0 Å². The van der Waals surface area contributed by atoms with Crippen LogP contribution in [0.2, 0.25) is 0 Å². The Bertz CT molecular complexity index is 830. The Morgan fingerprint density at radius 1 is 1.00 bits per heavy atom. The van der Waals surface area contributed by atoms with Gasteiger partial charge in [0.05, 0.1) is 6.61 Å². The summed E-state index contributed by atoms with van der Waals surface area (Å²) in [6.45, 7) is 14.5. The number of carbonyl (C=O) groups is 2. The first kappa shape index (κ1) is 27.7. The Morgan fingerprint density at radius 2 is 1.78 bits per heavy atom. The van der Waals surface area contributed by atoms with E-state index < -0.39 is 11.9 Å². The predicted molar refractivity (Wildman–Crippen MR) is 144 cm³/mol. The molecule has 4 aliphatic carbocycles. The number of fused-ring (bicyclic) bond motifs is 5. The predicted octanol–water partition coefficient (Wildman–Crippen LogP) is 7.89. The van der Waals surface area contributed by atoms with E-state index in [4.69, 9.17) is 9.47 Å².